The van der Waals surface area contributed by atoms with Gasteiger partial charge >= 0.3 is 5.97 Å². The summed E-state index contributed by atoms with van der Waals surface area (Å²) in [6.45, 7) is 2.25. The third kappa shape index (κ3) is 4.69. The van der Waals surface area contributed by atoms with Gasteiger partial charge in [0.15, 0.2) is 11.5 Å². The molecule has 2 aromatic carbocycles. The fourth-order valence-corrected chi connectivity index (χ4v) is 3.12. The van der Waals surface area contributed by atoms with E-state index >= 15 is 0 Å². The lowest BCUT2D eigenvalue weighted by Crippen LogP contribution is -2.45. The molecule has 1 unspecified atom stereocenters. The average molecular weight is 410 g/mol. The summed E-state index contributed by atoms with van der Waals surface area (Å²) in [5, 5.41) is 10.0. The Hall–Kier alpha value is -2.44. The van der Waals surface area contributed by atoms with Crippen LogP contribution in [0.2, 0.25) is 0 Å². The van der Waals surface area contributed by atoms with Crippen LogP contribution in [-0.2, 0) is 10.3 Å². The zero-order valence-corrected chi connectivity index (χ0v) is 17.7. The fraction of sp³-hybridized carbons (Fsp3) is 0.381. The highest BCUT2D eigenvalue weighted by Gasteiger charge is 2.34. The number of benzene rings is 2. The molecular formula is C21H28ClNO5. The van der Waals surface area contributed by atoms with Crippen molar-refractivity contribution < 1.29 is 24.1 Å². The molecule has 0 saturated heterocycles. The minimum Gasteiger partial charge on any atom is -0.502 e. The van der Waals surface area contributed by atoms with Crippen LogP contribution in [0.4, 0.5) is 0 Å². The van der Waals surface area contributed by atoms with Crippen molar-refractivity contribution in [3.8, 4) is 17.2 Å². The molecule has 0 fully saturated rings. The maximum Gasteiger partial charge on any atom is 0.338 e. The summed E-state index contributed by atoms with van der Waals surface area (Å²) in [7, 11) is 6.76. The van der Waals surface area contributed by atoms with Crippen molar-refractivity contribution in [2.24, 2.45) is 0 Å². The number of rotatable bonds is 8. The highest BCUT2D eigenvalue weighted by atomic mass is 35.5. The van der Waals surface area contributed by atoms with Crippen LogP contribution < -0.4 is 9.47 Å². The lowest BCUT2D eigenvalue weighted by molar-refractivity contribution is 0.0119. The monoisotopic (exact) mass is 409 g/mol. The Morgan fingerprint density at radius 1 is 1.07 bits per heavy atom. The van der Waals surface area contributed by atoms with Crippen LogP contribution in [-0.4, -0.2) is 50.9 Å². The Morgan fingerprint density at radius 2 is 1.61 bits per heavy atom. The number of phenolic OH excluding ortho intramolecular Hbond substituents is 1. The van der Waals surface area contributed by atoms with E-state index in [-0.39, 0.29) is 41.8 Å². The van der Waals surface area contributed by atoms with Gasteiger partial charge in [-0.05, 0) is 38.2 Å². The summed E-state index contributed by atoms with van der Waals surface area (Å²) in [5.41, 5.74) is 0.881. The van der Waals surface area contributed by atoms with Crippen LogP contribution in [0.5, 0.6) is 17.2 Å². The number of halogens is 1. The molecule has 7 heteroatoms. The molecule has 28 heavy (non-hydrogen) atoms. The SMILES string of the molecule is CCC(COC(=O)c1cc(OC)c(O)c(OC)c1)(c1ccccc1)N(C)C.Cl. The van der Waals surface area contributed by atoms with E-state index in [4.69, 9.17) is 14.2 Å². The number of hydrogen-bond donors (Lipinski definition) is 1. The largest absolute Gasteiger partial charge is 0.502 e. The number of carbonyl (C=O) groups excluding carboxylic acids is 1. The highest BCUT2D eigenvalue weighted by molar-refractivity contribution is 5.91. The van der Waals surface area contributed by atoms with Crippen molar-refractivity contribution >= 4 is 18.4 Å². The Morgan fingerprint density at radius 3 is 2.04 bits per heavy atom. The van der Waals surface area contributed by atoms with Crippen LogP contribution in [0, 0.1) is 0 Å². The number of nitrogens with zero attached hydrogens (tertiary/aromatic N) is 1. The van der Waals surface area contributed by atoms with Gasteiger partial charge in [-0.1, -0.05) is 37.3 Å². The number of aromatic hydroxyl groups is 1. The minimum absolute atomic E-state index is 0. The second kappa shape index (κ2) is 10.2. The molecule has 0 aliphatic carbocycles. The fourth-order valence-electron chi connectivity index (χ4n) is 3.12. The van der Waals surface area contributed by atoms with Gasteiger partial charge in [-0.3, -0.25) is 4.90 Å². The molecule has 0 radical (unpaired) electrons. The molecule has 0 saturated carbocycles. The molecule has 6 nitrogen and oxygen atoms in total. The van der Waals surface area contributed by atoms with Crippen LogP contribution in [0.25, 0.3) is 0 Å². The molecule has 1 atom stereocenters. The van der Waals surface area contributed by atoms with Crippen LogP contribution >= 0.6 is 12.4 Å². The van der Waals surface area contributed by atoms with Crippen molar-refractivity contribution in [3.05, 3.63) is 53.6 Å². The third-order valence-electron chi connectivity index (χ3n) is 4.91. The van der Waals surface area contributed by atoms with Gasteiger partial charge in [0, 0.05) is 0 Å². The number of carbonyl (C=O) groups is 1. The topological polar surface area (TPSA) is 68.2 Å². The Kier molecular flexibility index (Phi) is 8.60. The van der Waals surface area contributed by atoms with Gasteiger partial charge in [-0.25, -0.2) is 4.79 Å². The molecular weight excluding hydrogens is 382 g/mol. The van der Waals surface area contributed by atoms with E-state index in [0.29, 0.717) is 0 Å². The van der Waals surface area contributed by atoms with E-state index in [2.05, 4.69) is 11.8 Å². The van der Waals surface area contributed by atoms with Gasteiger partial charge in [-0.15, -0.1) is 12.4 Å². The third-order valence-corrected chi connectivity index (χ3v) is 4.91. The maximum absolute atomic E-state index is 12.7. The van der Waals surface area contributed by atoms with E-state index in [0.717, 1.165) is 12.0 Å². The van der Waals surface area contributed by atoms with Gasteiger partial charge in [0.1, 0.15) is 6.61 Å². The zero-order chi connectivity index (χ0) is 20.0. The summed E-state index contributed by atoms with van der Waals surface area (Å²) < 4.78 is 15.9. The molecule has 154 valence electrons. The summed E-state index contributed by atoms with van der Waals surface area (Å²) >= 11 is 0. The molecule has 2 rings (SSSR count). The number of ether oxygens (including phenoxy) is 3. The average Bonchev–Trinajstić information content (AvgIpc) is 2.69. The van der Waals surface area contributed by atoms with Crippen molar-refractivity contribution in [1.82, 2.24) is 4.90 Å². The molecule has 0 aliphatic rings. The molecule has 0 aromatic heterocycles. The molecule has 1 N–H and O–H groups in total. The van der Waals surface area contributed by atoms with E-state index in [1.165, 1.54) is 26.4 Å². The highest BCUT2D eigenvalue weighted by Crippen LogP contribution is 2.37. The predicted octanol–water partition coefficient (Wildman–Crippen LogP) is 3.86. The summed E-state index contributed by atoms with van der Waals surface area (Å²) in [4.78, 5) is 14.7. The zero-order valence-electron chi connectivity index (χ0n) is 16.9. The molecule has 0 bridgehead atoms. The van der Waals surface area contributed by atoms with Gasteiger partial charge in [-0.2, -0.15) is 0 Å². The second-order valence-electron chi connectivity index (χ2n) is 6.45. The van der Waals surface area contributed by atoms with Gasteiger partial charge in [0.25, 0.3) is 0 Å². The molecule has 0 heterocycles. The number of likely N-dealkylation sites (N-methyl/N-ethyl adjacent to an activating group) is 1. The molecule has 0 amide bonds. The standard InChI is InChI=1S/C21H27NO5.ClH/c1-6-21(22(2)3,16-10-8-7-9-11-16)14-27-20(24)15-12-17(25-4)19(23)18(13-15)26-5;/h7-13,23H,6,14H2,1-5H3;1H. The summed E-state index contributed by atoms with van der Waals surface area (Å²) in [6.07, 6.45) is 0.763. The lowest BCUT2D eigenvalue weighted by atomic mass is 9.87. The molecule has 2 aromatic rings. The predicted molar refractivity (Wildman–Crippen MR) is 111 cm³/mol. The molecule has 0 aliphatic heterocycles. The first-order valence-corrected chi connectivity index (χ1v) is 8.74. The normalized spacial score (nSPS) is 12.6. The van der Waals surface area contributed by atoms with Crippen molar-refractivity contribution in [3.63, 3.8) is 0 Å². The Bertz CT molecular complexity index is 757. The van der Waals surface area contributed by atoms with Gasteiger partial charge in [0.2, 0.25) is 5.75 Å². The number of phenols is 1. The number of methoxy groups -OCH3 is 2. The first kappa shape index (κ1) is 23.6. The van der Waals surface area contributed by atoms with Crippen molar-refractivity contribution in [1.29, 1.82) is 0 Å². The van der Waals surface area contributed by atoms with Gasteiger partial charge in [0.05, 0.1) is 25.3 Å². The smallest absolute Gasteiger partial charge is 0.338 e. The first-order valence-electron chi connectivity index (χ1n) is 8.74. The first-order chi connectivity index (χ1) is 12.9. The quantitative estimate of drug-likeness (QED) is 0.668. The van der Waals surface area contributed by atoms with E-state index in [9.17, 15) is 9.90 Å². The maximum atomic E-state index is 12.7. The molecule has 0 spiro atoms. The van der Waals surface area contributed by atoms with Crippen molar-refractivity contribution in [2.75, 3.05) is 34.9 Å². The van der Waals surface area contributed by atoms with Crippen LogP contribution in [0.3, 0.4) is 0 Å². The van der Waals surface area contributed by atoms with Crippen molar-refractivity contribution in [2.45, 2.75) is 18.9 Å². The van der Waals surface area contributed by atoms with Crippen LogP contribution in [0.15, 0.2) is 42.5 Å². The van der Waals surface area contributed by atoms with E-state index < -0.39 is 11.5 Å². The van der Waals surface area contributed by atoms with E-state index in [1.54, 1.807) is 0 Å². The Balaban J connectivity index is 0.00000392. The van der Waals surface area contributed by atoms with Gasteiger partial charge < -0.3 is 19.3 Å². The minimum atomic E-state index is -0.512. The van der Waals surface area contributed by atoms with E-state index in [1.807, 2.05) is 44.4 Å². The second-order valence-corrected chi connectivity index (χ2v) is 6.45. The van der Waals surface area contributed by atoms with Crippen LogP contribution in [0.1, 0.15) is 29.3 Å². The summed E-state index contributed by atoms with van der Waals surface area (Å²) in [5.74, 6) is -0.364. The summed E-state index contributed by atoms with van der Waals surface area (Å²) in [6, 6.07) is 12.8. The lowest BCUT2D eigenvalue weighted by Gasteiger charge is -2.39. The number of hydrogen-bond acceptors (Lipinski definition) is 6. The Labute approximate surface area is 172 Å². The number of esters is 1.